The molecule has 41 heavy (non-hydrogen) atoms. The summed E-state index contributed by atoms with van der Waals surface area (Å²) >= 11 is 8.11. The number of hydrogen-bond donors (Lipinski definition) is 0. The second kappa shape index (κ2) is 10.1. The van der Waals surface area contributed by atoms with E-state index in [1.54, 1.807) is 11.3 Å². The number of hydrogen-bond acceptors (Lipinski definition) is 7. The zero-order valence-corrected chi connectivity index (χ0v) is 25.4. The average molecular weight is 655 g/mol. The van der Waals surface area contributed by atoms with Crippen LogP contribution in [0.5, 0.6) is 0 Å². The monoisotopic (exact) mass is 653 g/mol. The number of halogens is 1. The van der Waals surface area contributed by atoms with Crippen molar-refractivity contribution in [2.45, 2.75) is 28.3 Å². The van der Waals surface area contributed by atoms with Crippen molar-refractivity contribution in [3.8, 4) is 0 Å². The Kier molecular flexibility index (Phi) is 6.21. The molecular formula is C32H20BrN3O2S3. The van der Waals surface area contributed by atoms with Gasteiger partial charge in [0, 0.05) is 16.1 Å². The Morgan fingerprint density at radius 1 is 0.951 bits per heavy atom. The fourth-order valence-corrected chi connectivity index (χ4v) is 8.76. The minimum absolute atomic E-state index is 0.0520. The molecule has 3 aromatic carbocycles. The molecule has 0 unspecified atom stereocenters. The molecule has 0 saturated heterocycles. The van der Waals surface area contributed by atoms with Gasteiger partial charge in [-0.3, -0.25) is 9.36 Å². The Morgan fingerprint density at radius 3 is 2.66 bits per heavy atom. The maximum atomic E-state index is 14.0. The fourth-order valence-electron chi connectivity index (χ4n) is 5.54. The maximum absolute atomic E-state index is 14.0. The van der Waals surface area contributed by atoms with Gasteiger partial charge in [0.15, 0.2) is 14.2 Å². The first-order valence-corrected chi connectivity index (χ1v) is 16.4. The molecule has 0 radical (unpaired) electrons. The Morgan fingerprint density at radius 2 is 1.78 bits per heavy atom. The molecular weight excluding hydrogens is 634 g/mol. The van der Waals surface area contributed by atoms with Crippen molar-refractivity contribution in [2.24, 2.45) is 4.99 Å². The van der Waals surface area contributed by atoms with Gasteiger partial charge in [0.25, 0.3) is 5.56 Å². The summed E-state index contributed by atoms with van der Waals surface area (Å²) in [6, 6.07) is 28.5. The number of thiazole rings is 2. The highest BCUT2D eigenvalue weighted by Crippen LogP contribution is 2.41. The second-order valence-electron chi connectivity index (χ2n) is 9.87. The van der Waals surface area contributed by atoms with Crippen LogP contribution in [0.15, 0.2) is 119 Å². The first kappa shape index (κ1) is 25.2. The van der Waals surface area contributed by atoms with Crippen LogP contribution in [0, 0.1) is 0 Å². The minimum atomic E-state index is -0.202. The molecule has 1 atom stereocenters. The molecule has 6 aromatic rings. The number of aromatic nitrogens is 2. The zero-order valence-electron chi connectivity index (χ0n) is 21.4. The van der Waals surface area contributed by atoms with Gasteiger partial charge in [0.2, 0.25) is 0 Å². The molecule has 1 aliphatic carbocycles. The van der Waals surface area contributed by atoms with Crippen molar-refractivity contribution in [3.63, 3.8) is 0 Å². The third-order valence-electron chi connectivity index (χ3n) is 7.40. The van der Waals surface area contributed by atoms with E-state index >= 15 is 0 Å². The van der Waals surface area contributed by atoms with Gasteiger partial charge in [0.05, 0.1) is 26.5 Å². The average Bonchev–Trinajstić information content (AvgIpc) is 3.70. The van der Waals surface area contributed by atoms with Crippen LogP contribution in [0.2, 0.25) is 0 Å². The molecule has 0 saturated carbocycles. The van der Waals surface area contributed by atoms with E-state index in [9.17, 15) is 4.79 Å². The molecule has 8 rings (SSSR count). The molecule has 200 valence electrons. The normalized spacial score (nSPS) is 16.4. The third kappa shape index (κ3) is 4.48. The molecule has 3 aromatic heterocycles. The summed E-state index contributed by atoms with van der Waals surface area (Å²) in [6.07, 6.45) is 3.63. The van der Waals surface area contributed by atoms with Crippen LogP contribution in [0.3, 0.4) is 0 Å². The van der Waals surface area contributed by atoms with E-state index in [1.807, 2.05) is 53.1 Å². The van der Waals surface area contributed by atoms with Crippen LogP contribution in [-0.2, 0) is 6.42 Å². The van der Waals surface area contributed by atoms with E-state index < -0.39 is 0 Å². The van der Waals surface area contributed by atoms with Gasteiger partial charge in [-0.05, 0) is 77.7 Å². The molecule has 9 heteroatoms. The van der Waals surface area contributed by atoms with Gasteiger partial charge >= 0.3 is 0 Å². The van der Waals surface area contributed by atoms with Gasteiger partial charge in [-0.15, -0.1) is 11.3 Å². The zero-order chi connectivity index (χ0) is 27.5. The Hall–Kier alpha value is -3.50. The number of para-hydroxylation sites is 1. The number of allylic oxidation sites excluding steroid dienone is 1. The molecule has 0 bridgehead atoms. The van der Waals surface area contributed by atoms with Crippen molar-refractivity contribution in [2.75, 3.05) is 0 Å². The van der Waals surface area contributed by atoms with Gasteiger partial charge in [0.1, 0.15) is 5.76 Å². The van der Waals surface area contributed by atoms with Crippen LogP contribution in [0.25, 0.3) is 22.0 Å². The number of fused-ring (bicyclic) bond motifs is 4. The van der Waals surface area contributed by atoms with E-state index in [2.05, 4.69) is 58.4 Å². The second-order valence-corrected chi connectivity index (χ2v) is 14.1. The Bertz CT molecular complexity index is 2150. The van der Waals surface area contributed by atoms with Crippen molar-refractivity contribution in [1.82, 2.24) is 9.55 Å². The molecule has 0 N–H and O–H groups in total. The summed E-state index contributed by atoms with van der Waals surface area (Å²) in [7, 11) is 0. The number of furan rings is 1. The third-order valence-corrected chi connectivity index (χ3v) is 10.9. The summed E-state index contributed by atoms with van der Waals surface area (Å²) in [5.41, 5.74) is 6.67. The van der Waals surface area contributed by atoms with Gasteiger partial charge in [-0.1, -0.05) is 75.8 Å². The van der Waals surface area contributed by atoms with Crippen LogP contribution < -0.4 is 14.9 Å². The summed E-state index contributed by atoms with van der Waals surface area (Å²) in [6.45, 7) is 0. The summed E-state index contributed by atoms with van der Waals surface area (Å²) in [4.78, 5) is 24.5. The van der Waals surface area contributed by atoms with Crippen molar-refractivity contribution < 1.29 is 4.42 Å². The molecule has 4 heterocycles. The van der Waals surface area contributed by atoms with E-state index in [1.165, 1.54) is 34.2 Å². The topological polar surface area (TPSA) is 60.4 Å². The quantitative estimate of drug-likeness (QED) is 0.198. The van der Waals surface area contributed by atoms with E-state index in [-0.39, 0.29) is 11.6 Å². The summed E-state index contributed by atoms with van der Waals surface area (Å²) in [5, 5.41) is 0.739. The van der Waals surface area contributed by atoms with Gasteiger partial charge < -0.3 is 4.42 Å². The predicted octanol–water partition coefficient (Wildman–Crippen LogP) is 7.44. The highest BCUT2D eigenvalue weighted by molar-refractivity contribution is 9.10. The SMILES string of the molecule is O=c1/c(=C/c2ccc(Sc3nc4ccccc4s3)o2)sc2n1[C@H](c1ccc(Br)cc1)C1=C(N=2)c2ccccc2CC1. The largest absolute Gasteiger partial charge is 0.450 e. The van der Waals surface area contributed by atoms with Crippen LogP contribution in [-0.4, -0.2) is 9.55 Å². The predicted molar refractivity (Wildman–Crippen MR) is 169 cm³/mol. The molecule has 2 aliphatic rings. The number of rotatable bonds is 4. The standard InChI is InChI=1S/C32H20BrN3O2S3/c33-20-12-9-19(10-13-20)29-23-15-11-18-5-1-2-6-22(18)28(23)35-31-36(29)30(37)26(39-31)17-21-14-16-27(38-21)41-32-34-24-7-3-4-8-25(24)40-32/h1-10,12-14,16-17,29H,11,15H2/b26-17-/t29-/m1/s1. The summed E-state index contributed by atoms with van der Waals surface area (Å²) in [5.74, 6) is 0.633. The fraction of sp³-hybridized carbons (Fsp3) is 0.0938. The first-order valence-electron chi connectivity index (χ1n) is 13.1. The van der Waals surface area contributed by atoms with E-state index in [0.717, 1.165) is 53.8 Å². The number of nitrogens with zero attached hydrogens (tertiary/aromatic N) is 3. The van der Waals surface area contributed by atoms with Crippen molar-refractivity contribution in [1.29, 1.82) is 0 Å². The lowest BCUT2D eigenvalue weighted by atomic mass is 9.83. The molecule has 0 spiro atoms. The highest BCUT2D eigenvalue weighted by atomic mass is 79.9. The Balaban J connectivity index is 1.22. The van der Waals surface area contributed by atoms with Crippen molar-refractivity contribution in [3.05, 3.63) is 137 Å². The first-order chi connectivity index (χ1) is 20.1. The van der Waals surface area contributed by atoms with Crippen molar-refractivity contribution >= 4 is 72.4 Å². The van der Waals surface area contributed by atoms with Crippen LogP contribution in [0.4, 0.5) is 0 Å². The maximum Gasteiger partial charge on any atom is 0.271 e. The smallest absolute Gasteiger partial charge is 0.271 e. The van der Waals surface area contributed by atoms with Gasteiger partial charge in [-0.25, -0.2) is 9.98 Å². The van der Waals surface area contributed by atoms with Crippen LogP contribution >= 0.6 is 50.4 Å². The Labute approximate surface area is 255 Å². The van der Waals surface area contributed by atoms with E-state index in [4.69, 9.17) is 14.4 Å². The minimum Gasteiger partial charge on any atom is -0.450 e. The lowest BCUT2D eigenvalue weighted by molar-refractivity contribution is 0.466. The van der Waals surface area contributed by atoms with Crippen LogP contribution in [0.1, 0.15) is 34.9 Å². The number of benzene rings is 3. The number of aryl methyl sites for hydroxylation is 1. The lowest BCUT2D eigenvalue weighted by Gasteiger charge is -2.30. The summed E-state index contributed by atoms with van der Waals surface area (Å²) < 4.78 is 11.7. The molecule has 0 amide bonds. The molecule has 1 aliphatic heterocycles. The molecule has 0 fully saturated rings. The lowest BCUT2D eigenvalue weighted by Crippen LogP contribution is -2.38. The highest BCUT2D eigenvalue weighted by Gasteiger charge is 2.32. The van der Waals surface area contributed by atoms with E-state index in [0.29, 0.717) is 15.1 Å². The van der Waals surface area contributed by atoms with Gasteiger partial charge in [-0.2, -0.15) is 0 Å². The molecule has 5 nitrogen and oxygen atoms in total.